The van der Waals surface area contributed by atoms with E-state index in [1.165, 1.54) is 11.1 Å². The number of hydrogen-bond donors (Lipinski definition) is 1. The molecule has 1 aliphatic rings. The lowest BCUT2D eigenvalue weighted by atomic mass is 9.89. The first-order valence-corrected chi connectivity index (χ1v) is 8.35. The third kappa shape index (κ3) is 3.99. The predicted octanol–water partition coefficient (Wildman–Crippen LogP) is 3.02. The number of primary amides is 1. The van der Waals surface area contributed by atoms with Gasteiger partial charge in [0.05, 0.1) is 5.92 Å². The number of amides is 1. The second kappa shape index (κ2) is 7.42. The molecule has 0 spiro atoms. The molecule has 0 aromatic heterocycles. The van der Waals surface area contributed by atoms with E-state index < -0.39 is 0 Å². The molecule has 0 radical (unpaired) electrons. The van der Waals surface area contributed by atoms with Gasteiger partial charge in [-0.2, -0.15) is 0 Å². The van der Waals surface area contributed by atoms with E-state index in [0.717, 1.165) is 32.5 Å². The number of nitrogens with zero attached hydrogens (tertiary/aromatic N) is 1. The Kier molecular flexibility index (Phi) is 5.09. The predicted molar refractivity (Wildman–Crippen MR) is 93.1 cm³/mol. The Balaban J connectivity index is 1.81. The second-order valence-electron chi connectivity index (χ2n) is 6.38. The minimum Gasteiger partial charge on any atom is -0.369 e. The summed E-state index contributed by atoms with van der Waals surface area (Å²) in [6.45, 7) is 2.75. The molecule has 1 fully saturated rings. The normalized spacial score (nSPS) is 18.9. The van der Waals surface area contributed by atoms with Gasteiger partial charge in [0, 0.05) is 19.0 Å². The van der Waals surface area contributed by atoms with Crippen molar-refractivity contribution in [1.29, 1.82) is 0 Å². The molecular formula is C20H24N2O. The van der Waals surface area contributed by atoms with Gasteiger partial charge in [0.25, 0.3) is 0 Å². The fraction of sp³-hybridized carbons (Fsp3) is 0.350. The Morgan fingerprint density at radius 2 is 1.61 bits per heavy atom. The average molecular weight is 308 g/mol. The third-order valence-electron chi connectivity index (χ3n) is 4.75. The maximum Gasteiger partial charge on any atom is 0.221 e. The van der Waals surface area contributed by atoms with E-state index in [2.05, 4.69) is 65.6 Å². The van der Waals surface area contributed by atoms with Crippen LogP contribution in [0.25, 0.3) is 0 Å². The summed E-state index contributed by atoms with van der Waals surface area (Å²) in [5.41, 5.74) is 8.16. The van der Waals surface area contributed by atoms with Gasteiger partial charge in [-0.25, -0.2) is 0 Å². The highest BCUT2D eigenvalue weighted by atomic mass is 16.1. The summed E-state index contributed by atoms with van der Waals surface area (Å²) in [6, 6.07) is 21.2. The van der Waals surface area contributed by atoms with Gasteiger partial charge in [0.15, 0.2) is 0 Å². The van der Waals surface area contributed by atoms with Crippen LogP contribution in [-0.2, 0) is 4.79 Å². The van der Waals surface area contributed by atoms with Gasteiger partial charge >= 0.3 is 0 Å². The van der Waals surface area contributed by atoms with Crippen LogP contribution in [0.1, 0.15) is 29.9 Å². The molecule has 1 heterocycles. The minimum atomic E-state index is -0.161. The molecule has 3 nitrogen and oxygen atoms in total. The maximum atomic E-state index is 11.5. The molecule has 1 amide bonds. The van der Waals surface area contributed by atoms with Crippen molar-refractivity contribution in [2.24, 2.45) is 11.7 Å². The Hall–Kier alpha value is -2.13. The first-order valence-electron chi connectivity index (χ1n) is 8.35. The lowest BCUT2D eigenvalue weighted by molar-refractivity contribution is -0.123. The molecule has 0 saturated carbocycles. The van der Waals surface area contributed by atoms with Crippen molar-refractivity contribution in [3.05, 3.63) is 71.8 Å². The van der Waals surface area contributed by atoms with E-state index >= 15 is 0 Å². The van der Waals surface area contributed by atoms with E-state index in [-0.39, 0.29) is 11.8 Å². The van der Waals surface area contributed by atoms with Crippen LogP contribution in [0.4, 0.5) is 0 Å². The monoisotopic (exact) mass is 308 g/mol. The van der Waals surface area contributed by atoms with Crippen molar-refractivity contribution in [1.82, 2.24) is 4.90 Å². The summed E-state index contributed by atoms with van der Waals surface area (Å²) < 4.78 is 0. The highest BCUT2D eigenvalue weighted by molar-refractivity contribution is 5.76. The molecule has 1 aliphatic heterocycles. The number of benzene rings is 2. The van der Waals surface area contributed by atoms with E-state index in [1.54, 1.807) is 0 Å². The van der Waals surface area contributed by atoms with Gasteiger partial charge in [0.2, 0.25) is 5.91 Å². The van der Waals surface area contributed by atoms with Crippen molar-refractivity contribution < 1.29 is 4.79 Å². The number of likely N-dealkylation sites (tertiary alicyclic amines) is 1. The van der Waals surface area contributed by atoms with E-state index in [9.17, 15) is 4.79 Å². The summed E-state index contributed by atoms with van der Waals surface area (Å²) in [5.74, 6) is 0.158. The molecule has 2 N–H and O–H groups in total. The molecule has 23 heavy (non-hydrogen) atoms. The summed E-state index contributed by atoms with van der Waals surface area (Å²) in [7, 11) is 0. The number of carbonyl (C=O) groups excluding carboxylic acids is 1. The quantitative estimate of drug-likeness (QED) is 0.923. The third-order valence-corrected chi connectivity index (χ3v) is 4.75. The molecule has 2 aromatic rings. The largest absolute Gasteiger partial charge is 0.369 e. The van der Waals surface area contributed by atoms with Gasteiger partial charge in [-0.05, 0) is 30.5 Å². The molecule has 0 aliphatic carbocycles. The van der Waals surface area contributed by atoms with Gasteiger partial charge in [-0.15, -0.1) is 0 Å². The zero-order valence-electron chi connectivity index (χ0n) is 13.4. The summed E-state index contributed by atoms with van der Waals surface area (Å²) >= 11 is 0. The maximum absolute atomic E-state index is 11.5. The van der Waals surface area contributed by atoms with E-state index in [0.29, 0.717) is 5.92 Å². The van der Waals surface area contributed by atoms with Crippen molar-refractivity contribution in [3.8, 4) is 0 Å². The molecular weight excluding hydrogens is 284 g/mol. The number of carbonyl (C=O) groups is 1. The number of piperidine rings is 1. The fourth-order valence-electron chi connectivity index (χ4n) is 3.49. The lowest BCUT2D eigenvalue weighted by Gasteiger charge is -2.34. The zero-order valence-corrected chi connectivity index (χ0v) is 13.4. The van der Waals surface area contributed by atoms with Gasteiger partial charge in [-0.3, -0.25) is 4.79 Å². The zero-order chi connectivity index (χ0) is 16.1. The molecule has 3 rings (SSSR count). The van der Waals surface area contributed by atoms with Crippen LogP contribution < -0.4 is 5.73 Å². The first kappa shape index (κ1) is 15.8. The van der Waals surface area contributed by atoms with E-state index in [1.807, 2.05) is 0 Å². The van der Waals surface area contributed by atoms with Crippen LogP contribution >= 0.6 is 0 Å². The minimum absolute atomic E-state index is 0.00375. The van der Waals surface area contributed by atoms with Crippen LogP contribution in [-0.4, -0.2) is 30.4 Å². The Morgan fingerprint density at radius 3 is 2.13 bits per heavy atom. The standard InChI is InChI=1S/C20H24N2O/c21-20(23)18-12-7-13-22(14-18)15-19(16-8-3-1-4-9-16)17-10-5-2-6-11-17/h1-6,8-11,18-19H,7,12-15H2,(H2,21,23)/t18-/m1/s1. The molecule has 0 bridgehead atoms. The molecule has 0 unspecified atom stereocenters. The highest BCUT2D eigenvalue weighted by Gasteiger charge is 2.26. The van der Waals surface area contributed by atoms with Crippen LogP contribution in [0, 0.1) is 5.92 Å². The SMILES string of the molecule is NC(=O)[C@@H]1CCCN(CC(c2ccccc2)c2ccccc2)C1. The summed E-state index contributed by atoms with van der Waals surface area (Å²) in [5, 5.41) is 0. The Labute approximate surface area is 138 Å². The van der Waals surface area contributed by atoms with Gasteiger partial charge < -0.3 is 10.6 Å². The number of nitrogens with two attached hydrogens (primary N) is 1. The smallest absolute Gasteiger partial charge is 0.221 e. The second-order valence-corrected chi connectivity index (χ2v) is 6.38. The van der Waals surface area contributed by atoms with Crippen LogP contribution in [0.2, 0.25) is 0 Å². The van der Waals surface area contributed by atoms with Gasteiger partial charge in [0.1, 0.15) is 0 Å². The first-order chi connectivity index (χ1) is 11.2. The van der Waals surface area contributed by atoms with Crippen molar-refractivity contribution in [2.75, 3.05) is 19.6 Å². The Bertz CT molecular complexity index is 587. The molecule has 120 valence electrons. The molecule has 3 heteroatoms. The summed E-state index contributed by atoms with van der Waals surface area (Å²) in [6.07, 6.45) is 1.97. The van der Waals surface area contributed by atoms with Crippen molar-refractivity contribution >= 4 is 5.91 Å². The van der Waals surface area contributed by atoms with Gasteiger partial charge in [-0.1, -0.05) is 60.7 Å². The van der Waals surface area contributed by atoms with Crippen molar-refractivity contribution in [3.63, 3.8) is 0 Å². The average Bonchev–Trinajstić information content (AvgIpc) is 2.61. The lowest BCUT2D eigenvalue weighted by Crippen LogP contribution is -2.42. The molecule has 1 saturated heterocycles. The van der Waals surface area contributed by atoms with Crippen LogP contribution in [0.15, 0.2) is 60.7 Å². The highest BCUT2D eigenvalue weighted by Crippen LogP contribution is 2.27. The van der Waals surface area contributed by atoms with E-state index in [4.69, 9.17) is 5.73 Å². The van der Waals surface area contributed by atoms with Crippen LogP contribution in [0.3, 0.4) is 0 Å². The topological polar surface area (TPSA) is 46.3 Å². The van der Waals surface area contributed by atoms with Crippen molar-refractivity contribution in [2.45, 2.75) is 18.8 Å². The molecule has 2 aromatic carbocycles. The Morgan fingerprint density at radius 1 is 1.04 bits per heavy atom. The summed E-state index contributed by atoms with van der Waals surface area (Å²) in [4.78, 5) is 13.9. The fourth-order valence-corrected chi connectivity index (χ4v) is 3.49. The number of rotatable bonds is 5. The van der Waals surface area contributed by atoms with Crippen LogP contribution in [0.5, 0.6) is 0 Å². The number of hydrogen-bond acceptors (Lipinski definition) is 2. The molecule has 1 atom stereocenters.